The van der Waals surface area contributed by atoms with E-state index in [1.807, 2.05) is 54.6 Å². The molecule has 2 aromatic carbocycles. The molecule has 0 unspecified atom stereocenters. The van der Waals surface area contributed by atoms with E-state index in [9.17, 15) is 14.4 Å². The molecule has 0 bridgehead atoms. The zero-order valence-corrected chi connectivity index (χ0v) is 16.7. The van der Waals surface area contributed by atoms with E-state index in [0.29, 0.717) is 18.7 Å². The fourth-order valence-corrected chi connectivity index (χ4v) is 3.93. The average molecular weight is 405 g/mol. The van der Waals surface area contributed by atoms with Crippen LogP contribution in [0.1, 0.15) is 16.8 Å². The lowest BCUT2D eigenvalue weighted by molar-refractivity contribution is -0.145. The number of fused-ring (bicyclic) bond motifs is 1. The predicted octanol–water partition coefficient (Wildman–Crippen LogP) is 2.38. The number of ether oxygens (including phenoxy) is 1. The number of Topliss-reactive ketones (excluding diaryl/α,β-unsaturated/α-hetero) is 1. The minimum absolute atomic E-state index is 0.0385. The van der Waals surface area contributed by atoms with Gasteiger partial charge in [-0.3, -0.25) is 19.3 Å². The number of ketones is 1. The maximum absolute atomic E-state index is 13.5. The van der Waals surface area contributed by atoms with Gasteiger partial charge in [0.25, 0.3) is 0 Å². The van der Waals surface area contributed by atoms with Crippen LogP contribution in [0.2, 0.25) is 0 Å². The summed E-state index contributed by atoms with van der Waals surface area (Å²) < 4.78 is 4.73. The second-order valence-electron chi connectivity index (χ2n) is 7.27. The normalized spacial score (nSPS) is 17.0. The molecule has 0 saturated carbocycles. The number of carbonyl (C=O) groups excluding carboxylic acids is 3. The standard InChI is InChI=1S/C23H23N3O4/c1-30-20(28)13-18-23(29)24-11-12-26(18)14-19(27)21-16-9-5-6-10-17(16)25-22(21)15-7-3-2-4-8-15/h2-10,18,25H,11-14H2,1H3,(H,24,29)/t18-/m1/s1. The summed E-state index contributed by atoms with van der Waals surface area (Å²) in [5.41, 5.74) is 3.15. The van der Waals surface area contributed by atoms with Crippen LogP contribution >= 0.6 is 0 Å². The first-order chi connectivity index (χ1) is 14.6. The van der Waals surface area contributed by atoms with Crippen molar-refractivity contribution in [2.24, 2.45) is 0 Å². The molecule has 0 spiro atoms. The molecule has 2 N–H and O–H groups in total. The summed E-state index contributed by atoms with van der Waals surface area (Å²) >= 11 is 0. The third-order valence-electron chi connectivity index (χ3n) is 5.42. The number of amides is 1. The van der Waals surface area contributed by atoms with Gasteiger partial charge in [0.15, 0.2) is 5.78 Å². The Hall–Kier alpha value is -3.45. The number of aromatic nitrogens is 1. The van der Waals surface area contributed by atoms with E-state index >= 15 is 0 Å². The average Bonchev–Trinajstić information content (AvgIpc) is 3.16. The lowest BCUT2D eigenvalue weighted by Gasteiger charge is -2.33. The Balaban J connectivity index is 1.69. The smallest absolute Gasteiger partial charge is 0.307 e. The van der Waals surface area contributed by atoms with Crippen molar-refractivity contribution in [3.8, 4) is 11.3 Å². The predicted molar refractivity (Wildman–Crippen MR) is 113 cm³/mol. The summed E-state index contributed by atoms with van der Waals surface area (Å²) in [6, 6.07) is 16.6. The van der Waals surface area contributed by atoms with Crippen LogP contribution in [0, 0.1) is 0 Å². The van der Waals surface area contributed by atoms with Gasteiger partial charge in [-0.05, 0) is 11.6 Å². The number of esters is 1. The molecule has 154 valence electrons. The van der Waals surface area contributed by atoms with E-state index in [4.69, 9.17) is 4.74 Å². The second-order valence-corrected chi connectivity index (χ2v) is 7.27. The monoisotopic (exact) mass is 405 g/mol. The number of piperazine rings is 1. The number of carbonyl (C=O) groups is 3. The van der Waals surface area contributed by atoms with E-state index in [1.165, 1.54) is 7.11 Å². The Morgan fingerprint density at radius 1 is 1.10 bits per heavy atom. The second kappa shape index (κ2) is 8.51. The zero-order valence-electron chi connectivity index (χ0n) is 16.7. The molecule has 1 saturated heterocycles. The molecule has 1 fully saturated rings. The van der Waals surface area contributed by atoms with Gasteiger partial charge in [-0.25, -0.2) is 0 Å². The first kappa shape index (κ1) is 19.8. The summed E-state index contributed by atoms with van der Waals surface area (Å²) in [7, 11) is 1.29. The maximum atomic E-state index is 13.5. The van der Waals surface area contributed by atoms with Gasteiger partial charge in [0, 0.05) is 24.0 Å². The molecule has 4 rings (SSSR count). The lowest BCUT2D eigenvalue weighted by Crippen LogP contribution is -2.57. The highest BCUT2D eigenvalue weighted by Crippen LogP contribution is 2.31. The van der Waals surface area contributed by atoms with Gasteiger partial charge in [0.2, 0.25) is 5.91 Å². The fraction of sp³-hybridized carbons (Fsp3) is 0.261. The third-order valence-corrected chi connectivity index (χ3v) is 5.42. The lowest BCUT2D eigenvalue weighted by atomic mass is 10.00. The number of nitrogens with zero attached hydrogens (tertiary/aromatic N) is 1. The molecule has 2 heterocycles. The summed E-state index contributed by atoms with van der Waals surface area (Å²) in [5.74, 6) is -0.843. The number of methoxy groups -OCH3 is 1. The number of aromatic amines is 1. The topological polar surface area (TPSA) is 91.5 Å². The molecule has 7 nitrogen and oxygen atoms in total. The van der Waals surface area contributed by atoms with Gasteiger partial charge in [-0.15, -0.1) is 0 Å². The molecule has 0 aliphatic carbocycles. The van der Waals surface area contributed by atoms with Crippen LogP contribution in [-0.2, 0) is 14.3 Å². The van der Waals surface area contributed by atoms with Gasteiger partial charge < -0.3 is 15.0 Å². The summed E-state index contributed by atoms with van der Waals surface area (Å²) in [4.78, 5) is 42.7. The first-order valence-electron chi connectivity index (χ1n) is 9.86. The molecule has 1 atom stereocenters. The Morgan fingerprint density at radius 2 is 1.83 bits per heavy atom. The van der Waals surface area contributed by atoms with E-state index < -0.39 is 12.0 Å². The third kappa shape index (κ3) is 3.84. The van der Waals surface area contributed by atoms with Crippen molar-refractivity contribution in [1.29, 1.82) is 0 Å². The summed E-state index contributed by atoms with van der Waals surface area (Å²) in [6.07, 6.45) is -0.0883. The van der Waals surface area contributed by atoms with Crippen molar-refractivity contribution in [3.63, 3.8) is 0 Å². The highest BCUT2D eigenvalue weighted by atomic mass is 16.5. The van der Waals surface area contributed by atoms with Crippen molar-refractivity contribution in [1.82, 2.24) is 15.2 Å². The molecule has 1 aliphatic rings. The summed E-state index contributed by atoms with van der Waals surface area (Å²) in [6.45, 7) is 0.960. The Morgan fingerprint density at radius 3 is 2.60 bits per heavy atom. The highest BCUT2D eigenvalue weighted by molar-refractivity contribution is 6.14. The van der Waals surface area contributed by atoms with Crippen molar-refractivity contribution in [2.75, 3.05) is 26.7 Å². The van der Waals surface area contributed by atoms with Crippen LogP contribution < -0.4 is 5.32 Å². The minimum Gasteiger partial charge on any atom is -0.469 e. The van der Waals surface area contributed by atoms with Gasteiger partial charge in [-0.1, -0.05) is 48.5 Å². The summed E-state index contributed by atoms with van der Waals surface area (Å²) in [5, 5.41) is 3.60. The van der Waals surface area contributed by atoms with E-state index in [-0.39, 0.29) is 24.7 Å². The van der Waals surface area contributed by atoms with Crippen molar-refractivity contribution in [3.05, 3.63) is 60.2 Å². The van der Waals surface area contributed by atoms with Crippen LogP contribution in [0.4, 0.5) is 0 Å². The van der Waals surface area contributed by atoms with Crippen molar-refractivity contribution >= 4 is 28.6 Å². The number of para-hydroxylation sites is 1. The molecule has 0 radical (unpaired) electrons. The van der Waals surface area contributed by atoms with Crippen LogP contribution in [0.25, 0.3) is 22.2 Å². The SMILES string of the molecule is COC(=O)C[C@@H]1C(=O)NCCN1CC(=O)c1c(-c2ccccc2)[nH]c2ccccc12. The number of rotatable bonds is 6. The number of benzene rings is 2. The molecule has 1 aliphatic heterocycles. The number of hydrogen-bond donors (Lipinski definition) is 2. The van der Waals surface area contributed by atoms with Crippen LogP contribution in [-0.4, -0.2) is 60.3 Å². The quantitative estimate of drug-likeness (QED) is 0.485. The molecule has 1 amide bonds. The molecule has 1 aromatic heterocycles. The first-order valence-corrected chi connectivity index (χ1v) is 9.86. The fourth-order valence-electron chi connectivity index (χ4n) is 3.93. The highest BCUT2D eigenvalue weighted by Gasteiger charge is 2.34. The Kier molecular flexibility index (Phi) is 5.63. The molecular weight excluding hydrogens is 382 g/mol. The van der Waals surface area contributed by atoms with Crippen LogP contribution in [0.3, 0.4) is 0 Å². The van der Waals surface area contributed by atoms with Gasteiger partial charge in [0.1, 0.15) is 6.04 Å². The zero-order chi connectivity index (χ0) is 21.1. The minimum atomic E-state index is -0.722. The van der Waals surface area contributed by atoms with Gasteiger partial charge in [-0.2, -0.15) is 0 Å². The van der Waals surface area contributed by atoms with Gasteiger partial charge in [0.05, 0.1) is 31.3 Å². The Labute approximate surface area is 174 Å². The Bertz CT molecular complexity index is 1090. The number of hydrogen-bond acceptors (Lipinski definition) is 5. The molecule has 30 heavy (non-hydrogen) atoms. The maximum Gasteiger partial charge on any atom is 0.307 e. The molecular formula is C23H23N3O4. The number of H-pyrrole nitrogens is 1. The van der Waals surface area contributed by atoms with Crippen molar-refractivity contribution < 1.29 is 19.1 Å². The van der Waals surface area contributed by atoms with Crippen LogP contribution in [0.5, 0.6) is 0 Å². The number of nitrogens with one attached hydrogen (secondary N) is 2. The molecule has 3 aromatic rings. The van der Waals surface area contributed by atoms with Crippen molar-refractivity contribution in [2.45, 2.75) is 12.5 Å². The van der Waals surface area contributed by atoms with E-state index in [0.717, 1.165) is 22.2 Å². The largest absolute Gasteiger partial charge is 0.469 e. The van der Waals surface area contributed by atoms with Crippen LogP contribution in [0.15, 0.2) is 54.6 Å². The molecule has 7 heteroatoms. The van der Waals surface area contributed by atoms with E-state index in [2.05, 4.69) is 10.3 Å². The van der Waals surface area contributed by atoms with E-state index in [1.54, 1.807) is 4.90 Å². The van der Waals surface area contributed by atoms with Gasteiger partial charge >= 0.3 is 5.97 Å².